The van der Waals surface area contributed by atoms with Crippen molar-refractivity contribution >= 4 is 5.91 Å². The second kappa shape index (κ2) is 5.19. The van der Waals surface area contributed by atoms with Crippen molar-refractivity contribution in [2.24, 2.45) is 5.73 Å². The Morgan fingerprint density at radius 3 is 3.08 bits per heavy atom. The standard InChI is InChI=1S/C9H18N2O2/c1-13-8-3-2-5-11(7-8)6-4-9(10)12/h8H,2-7H2,1H3,(H2,10,12). The Balaban J connectivity index is 2.21. The van der Waals surface area contributed by atoms with Crippen LogP contribution >= 0.6 is 0 Å². The fourth-order valence-electron chi connectivity index (χ4n) is 1.68. The number of primary amides is 1. The maximum atomic E-state index is 10.6. The van der Waals surface area contributed by atoms with Gasteiger partial charge in [-0.15, -0.1) is 0 Å². The van der Waals surface area contributed by atoms with Gasteiger partial charge in [-0.1, -0.05) is 0 Å². The molecule has 4 nitrogen and oxygen atoms in total. The van der Waals surface area contributed by atoms with E-state index in [1.54, 1.807) is 7.11 Å². The summed E-state index contributed by atoms with van der Waals surface area (Å²) in [6, 6.07) is 0. The van der Waals surface area contributed by atoms with Gasteiger partial charge in [-0.3, -0.25) is 4.79 Å². The van der Waals surface area contributed by atoms with Gasteiger partial charge in [0.15, 0.2) is 0 Å². The number of amides is 1. The van der Waals surface area contributed by atoms with Crippen LogP contribution in [0, 0.1) is 0 Å². The maximum absolute atomic E-state index is 10.6. The fourth-order valence-corrected chi connectivity index (χ4v) is 1.68. The first kappa shape index (κ1) is 10.5. The molecule has 1 rings (SSSR count). The van der Waals surface area contributed by atoms with Crippen molar-refractivity contribution in [3.63, 3.8) is 0 Å². The molecule has 0 aromatic rings. The summed E-state index contributed by atoms with van der Waals surface area (Å²) in [6.45, 7) is 2.77. The molecule has 0 aromatic carbocycles. The molecule has 1 aliphatic rings. The lowest BCUT2D eigenvalue weighted by molar-refractivity contribution is -0.118. The highest BCUT2D eigenvalue weighted by Crippen LogP contribution is 2.12. The number of rotatable bonds is 4. The first-order chi connectivity index (χ1) is 6.22. The molecule has 76 valence electrons. The van der Waals surface area contributed by atoms with Crippen LogP contribution in [0.15, 0.2) is 0 Å². The zero-order valence-corrected chi connectivity index (χ0v) is 8.16. The minimum absolute atomic E-state index is 0.223. The predicted octanol–water partition coefficient (Wildman–Crippen LogP) is -0.0274. The highest BCUT2D eigenvalue weighted by molar-refractivity contribution is 5.73. The van der Waals surface area contributed by atoms with Crippen molar-refractivity contribution in [2.45, 2.75) is 25.4 Å². The third-order valence-electron chi connectivity index (χ3n) is 2.47. The summed E-state index contributed by atoms with van der Waals surface area (Å²) >= 11 is 0. The summed E-state index contributed by atoms with van der Waals surface area (Å²) < 4.78 is 5.27. The number of piperidine rings is 1. The molecule has 1 fully saturated rings. The predicted molar refractivity (Wildman–Crippen MR) is 50.3 cm³/mol. The van der Waals surface area contributed by atoms with Crippen LogP contribution in [0.4, 0.5) is 0 Å². The number of carbonyl (C=O) groups is 1. The molecule has 1 amide bonds. The van der Waals surface area contributed by atoms with Gasteiger partial charge in [0.25, 0.3) is 0 Å². The minimum Gasteiger partial charge on any atom is -0.380 e. The molecule has 1 unspecified atom stereocenters. The maximum Gasteiger partial charge on any atom is 0.218 e. The van der Waals surface area contributed by atoms with Gasteiger partial charge in [-0.05, 0) is 19.4 Å². The lowest BCUT2D eigenvalue weighted by atomic mass is 10.1. The quantitative estimate of drug-likeness (QED) is 0.671. The van der Waals surface area contributed by atoms with Crippen LogP contribution in [-0.2, 0) is 9.53 Å². The number of hydrogen-bond acceptors (Lipinski definition) is 3. The van der Waals surface area contributed by atoms with E-state index < -0.39 is 0 Å². The number of ether oxygens (including phenoxy) is 1. The Hall–Kier alpha value is -0.610. The first-order valence-corrected chi connectivity index (χ1v) is 4.76. The summed E-state index contributed by atoms with van der Waals surface area (Å²) in [6.07, 6.45) is 3.07. The highest BCUT2D eigenvalue weighted by Gasteiger charge is 2.18. The summed E-state index contributed by atoms with van der Waals surface area (Å²) in [5, 5.41) is 0. The lowest BCUT2D eigenvalue weighted by Crippen LogP contribution is -2.40. The normalized spacial score (nSPS) is 24.5. The molecule has 1 aliphatic heterocycles. The average molecular weight is 186 g/mol. The minimum atomic E-state index is -0.223. The zero-order chi connectivity index (χ0) is 9.68. The number of hydrogen-bond donors (Lipinski definition) is 1. The molecular weight excluding hydrogens is 168 g/mol. The van der Waals surface area contributed by atoms with Crippen molar-refractivity contribution < 1.29 is 9.53 Å². The summed E-state index contributed by atoms with van der Waals surface area (Å²) in [5.41, 5.74) is 5.08. The molecule has 4 heteroatoms. The van der Waals surface area contributed by atoms with Gasteiger partial charge in [0.2, 0.25) is 5.91 Å². The lowest BCUT2D eigenvalue weighted by Gasteiger charge is -2.31. The van der Waals surface area contributed by atoms with E-state index in [2.05, 4.69) is 4.90 Å². The Morgan fingerprint density at radius 1 is 1.69 bits per heavy atom. The Bertz CT molecular complexity index is 173. The summed E-state index contributed by atoms with van der Waals surface area (Å²) in [7, 11) is 1.74. The fraction of sp³-hybridized carbons (Fsp3) is 0.889. The van der Waals surface area contributed by atoms with Crippen molar-refractivity contribution in [1.82, 2.24) is 4.90 Å². The number of nitrogens with zero attached hydrogens (tertiary/aromatic N) is 1. The number of nitrogens with two attached hydrogens (primary N) is 1. The summed E-state index contributed by atoms with van der Waals surface area (Å²) in [5.74, 6) is -0.223. The molecule has 0 aromatic heterocycles. The van der Waals surface area contributed by atoms with Crippen LogP contribution in [0.3, 0.4) is 0 Å². The van der Waals surface area contributed by atoms with Crippen molar-refractivity contribution in [3.05, 3.63) is 0 Å². The van der Waals surface area contributed by atoms with Crippen LogP contribution in [-0.4, -0.2) is 43.7 Å². The Kier molecular flexibility index (Phi) is 4.18. The van der Waals surface area contributed by atoms with Crippen LogP contribution in [0.2, 0.25) is 0 Å². The van der Waals surface area contributed by atoms with Gasteiger partial charge in [-0.25, -0.2) is 0 Å². The number of likely N-dealkylation sites (tertiary alicyclic amines) is 1. The van der Waals surface area contributed by atoms with E-state index in [0.717, 1.165) is 32.5 Å². The van der Waals surface area contributed by atoms with E-state index in [4.69, 9.17) is 10.5 Å². The molecule has 0 saturated carbocycles. The SMILES string of the molecule is COC1CCCN(CCC(N)=O)C1. The van der Waals surface area contributed by atoms with Crippen LogP contribution in [0.1, 0.15) is 19.3 Å². The molecule has 2 N–H and O–H groups in total. The van der Waals surface area contributed by atoms with Crippen molar-refractivity contribution in [2.75, 3.05) is 26.7 Å². The van der Waals surface area contributed by atoms with Gasteiger partial charge < -0.3 is 15.4 Å². The van der Waals surface area contributed by atoms with Gasteiger partial charge in [0.05, 0.1) is 6.10 Å². The van der Waals surface area contributed by atoms with Gasteiger partial charge >= 0.3 is 0 Å². The third-order valence-corrected chi connectivity index (χ3v) is 2.47. The monoisotopic (exact) mass is 186 g/mol. The number of methoxy groups -OCH3 is 1. The van der Waals surface area contributed by atoms with E-state index in [0.29, 0.717) is 12.5 Å². The van der Waals surface area contributed by atoms with E-state index in [1.807, 2.05) is 0 Å². The Labute approximate surface area is 79.0 Å². The van der Waals surface area contributed by atoms with Crippen LogP contribution in [0.5, 0.6) is 0 Å². The molecule has 1 heterocycles. The van der Waals surface area contributed by atoms with E-state index in [1.165, 1.54) is 0 Å². The molecule has 0 spiro atoms. The molecule has 1 atom stereocenters. The summed E-state index contributed by atoms with van der Waals surface area (Å²) in [4.78, 5) is 12.8. The first-order valence-electron chi connectivity index (χ1n) is 4.76. The molecular formula is C9H18N2O2. The molecule has 0 radical (unpaired) electrons. The molecule has 0 bridgehead atoms. The average Bonchev–Trinajstić information content (AvgIpc) is 2.15. The highest BCUT2D eigenvalue weighted by atomic mass is 16.5. The second-order valence-corrected chi connectivity index (χ2v) is 3.52. The van der Waals surface area contributed by atoms with Gasteiger partial charge in [0, 0.05) is 26.6 Å². The van der Waals surface area contributed by atoms with E-state index >= 15 is 0 Å². The van der Waals surface area contributed by atoms with E-state index in [-0.39, 0.29) is 5.91 Å². The van der Waals surface area contributed by atoms with Gasteiger partial charge in [0.1, 0.15) is 0 Å². The van der Waals surface area contributed by atoms with Crippen molar-refractivity contribution in [3.8, 4) is 0 Å². The third kappa shape index (κ3) is 3.74. The van der Waals surface area contributed by atoms with Gasteiger partial charge in [-0.2, -0.15) is 0 Å². The number of carbonyl (C=O) groups excluding carboxylic acids is 1. The topological polar surface area (TPSA) is 55.6 Å². The van der Waals surface area contributed by atoms with Crippen molar-refractivity contribution in [1.29, 1.82) is 0 Å². The largest absolute Gasteiger partial charge is 0.380 e. The molecule has 0 aliphatic carbocycles. The Morgan fingerprint density at radius 2 is 2.46 bits per heavy atom. The van der Waals surface area contributed by atoms with E-state index in [9.17, 15) is 4.79 Å². The second-order valence-electron chi connectivity index (χ2n) is 3.52. The van der Waals surface area contributed by atoms with Crippen LogP contribution < -0.4 is 5.73 Å². The smallest absolute Gasteiger partial charge is 0.218 e. The molecule has 1 saturated heterocycles. The van der Waals surface area contributed by atoms with Crippen LogP contribution in [0.25, 0.3) is 0 Å². The molecule has 13 heavy (non-hydrogen) atoms. The zero-order valence-electron chi connectivity index (χ0n) is 8.16.